The summed E-state index contributed by atoms with van der Waals surface area (Å²) in [5.41, 5.74) is 1.15. The zero-order chi connectivity index (χ0) is 48.8. The molecule has 0 radical (unpaired) electrons. The number of urea groups is 1. The molecule has 2 saturated heterocycles. The van der Waals surface area contributed by atoms with Gasteiger partial charge in [0.05, 0.1) is 45.2 Å². The lowest BCUT2D eigenvalue weighted by molar-refractivity contribution is -0.143. The summed E-state index contributed by atoms with van der Waals surface area (Å²) in [6.07, 6.45) is 2.27. The van der Waals surface area contributed by atoms with Crippen molar-refractivity contribution in [2.75, 3.05) is 95.9 Å². The summed E-state index contributed by atoms with van der Waals surface area (Å²) in [7, 11) is 0. The first-order chi connectivity index (χ1) is 31.4. The van der Waals surface area contributed by atoms with Crippen LogP contribution >= 0.6 is 11.8 Å². The molecule has 21 nitrogen and oxygen atoms in total. The zero-order valence-electron chi connectivity index (χ0n) is 38.5. The summed E-state index contributed by atoms with van der Waals surface area (Å²) >= 11 is 1.51. The third-order valence-electron chi connectivity index (χ3n) is 11.7. The van der Waals surface area contributed by atoms with E-state index >= 15 is 0 Å². The number of carbonyl (C=O) groups excluding carboxylic acids is 6. The van der Waals surface area contributed by atoms with Crippen molar-refractivity contribution in [3.8, 4) is 0 Å². The van der Waals surface area contributed by atoms with Gasteiger partial charge < -0.3 is 41.3 Å². The second-order valence-electron chi connectivity index (χ2n) is 16.9. The van der Waals surface area contributed by atoms with Crippen LogP contribution in [0.15, 0.2) is 24.3 Å². The van der Waals surface area contributed by atoms with Crippen molar-refractivity contribution in [2.24, 2.45) is 17.8 Å². The highest BCUT2D eigenvalue weighted by Crippen LogP contribution is 2.22. The highest BCUT2D eigenvalue weighted by molar-refractivity contribution is 7.98. The van der Waals surface area contributed by atoms with Crippen LogP contribution in [0.5, 0.6) is 0 Å². The van der Waals surface area contributed by atoms with E-state index in [4.69, 9.17) is 9.84 Å². The van der Waals surface area contributed by atoms with Crippen LogP contribution in [0, 0.1) is 17.8 Å². The summed E-state index contributed by atoms with van der Waals surface area (Å²) in [6.45, 7) is 7.05. The average Bonchev–Trinajstić information content (AvgIpc) is 3.61. The van der Waals surface area contributed by atoms with Crippen LogP contribution in [0.4, 0.5) is 10.5 Å². The van der Waals surface area contributed by atoms with Crippen LogP contribution in [0.2, 0.25) is 0 Å². The molecular weight excluding hydrogens is 881 g/mol. The number of ketones is 2. The van der Waals surface area contributed by atoms with Crippen molar-refractivity contribution in [3.63, 3.8) is 0 Å². The number of thioether (sulfide) groups is 1. The zero-order valence-corrected chi connectivity index (χ0v) is 39.3. The number of carboxylic acids is 3. The number of fused-ring (bicyclic) bond motifs is 1. The fraction of sp³-hybridized carbons (Fsp3) is 0.659. The lowest BCUT2D eigenvalue weighted by Gasteiger charge is -2.33. The van der Waals surface area contributed by atoms with Crippen molar-refractivity contribution < 1.29 is 63.2 Å². The third-order valence-corrected chi connectivity index (χ3v) is 12.3. The molecular formula is C44H68N8O13S. The van der Waals surface area contributed by atoms with E-state index in [0.29, 0.717) is 50.3 Å². The van der Waals surface area contributed by atoms with E-state index < -0.39 is 54.0 Å². The van der Waals surface area contributed by atoms with E-state index in [2.05, 4.69) is 21.3 Å². The Morgan fingerprint density at radius 2 is 1.42 bits per heavy atom. The molecule has 0 aliphatic carbocycles. The molecule has 3 rings (SSSR count). The van der Waals surface area contributed by atoms with Crippen molar-refractivity contribution in [3.05, 3.63) is 29.8 Å². The maximum Gasteiger partial charge on any atom is 0.321 e. The Kier molecular flexibility index (Phi) is 24.1. The van der Waals surface area contributed by atoms with Crippen molar-refractivity contribution in [2.45, 2.75) is 78.1 Å². The van der Waals surface area contributed by atoms with Crippen molar-refractivity contribution in [1.29, 1.82) is 0 Å². The second kappa shape index (κ2) is 28.8. The number of anilines is 1. The Hall–Kier alpha value is -5.16. The Labute approximate surface area is 390 Å². The van der Waals surface area contributed by atoms with Crippen LogP contribution < -0.4 is 21.3 Å². The summed E-state index contributed by atoms with van der Waals surface area (Å²) in [6, 6.07) is 5.26. The number of Topliss-reactive ketones (excluding diaryl/α,β-unsaturated/α-hetero) is 2. The van der Waals surface area contributed by atoms with Gasteiger partial charge in [0.2, 0.25) is 11.8 Å². The number of rotatable bonds is 26. The summed E-state index contributed by atoms with van der Waals surface area (Å²) < 4.78 is 5.56. The van der Waals surface area contributed by atoms with Crippen LogP contribution in [0.1, 0.15) is 64.9 Å². The maximum absolute atomic E-state index is 13.7. The third kappa shape index (κ3) is 20.6. The molecule has 7 N–H and O–H groups in total. The number of benzene rings is 1. The van der Waals surface area contributed by atoms with Gasteiger partial charge in [0, 0.05) is 82.7 Å². The second-order valence-corrected chi connectivity index (χ2v) is 17.9. The van der Waals surface area contributed by atoms with E-state index in [9.17, 15) is 53.4 Å². The largest absolute Gasteiger partial charge is 0.481 e. The first-order valence-corrected chi connectivity index (χ1v) is 23.8. The lowest BCUT2D eigenvalue weighted by atomic mass is 9.85. The molecule has 5 atom stereocenters. The first-order valence-electron chi connectivity index (χ1n) is 22.4. The van der Waals surface area contributed by atoms with Crippen LogP contribution in [0.3, 0.4) is 0 Å². The van der Waals surface area contributed by atoms with E-state index in [1.807, 2.05) is 20.1 Å². The number of carbonyl (C=O) groups is 9. The van der Waals surface area contributed by atoms with E-state index in [0.717, 1.165) is 5.56 Å². The Bertz CT molecular complexity index is 1820. The fourth-order valence-electron chi connectivity index (χ4n) is 7.58. The van der Waals surface area contributed by atoms with Gasteiger partial charge in [0.25, 0.3) is 0 Å². The van der Waals surface area contributed by atoms with Gasteiger partial charge in [-0.15, -0.1) is 0 Å². The minimum atomic E-state index is -1.05. The molecule has 2 fully saturated rings. The quantitative estimate of drug-likeness (QED) is 0.0504. The highest BCUT2D eigenvalue weighted by atomic mass is 32.2. The smallest absolute Gasteiger partial charge is 0.321 e. The van der Waals surface area contributed by atoms with Gasteiger partial charge in [-0.1, -0.05) is 39.3 Å². The molecule has 0 saturated carbocycles. The van der Waals surface area contributed by atoms with E-state index in [1.54, 1.807) is 50.8 Å². The standard InChI is InChI=1S/C44H68N8O13S/c1-5-29(2)33(43(63)45-13-6-7-35(53)30(3)21-39(56)57)22-36(54)34(12-20-66-4)48-44(64)47-32-10-8-31(9-11-32)23-46-37(55)24-51-17-16-49(26-40(58)59)14-15-50(27-41(60)61)18-19-52-28-42(62)65-38(52)25-51/h8-11,29-30,33-34,38H,5-7,12-28H2,1-4H3,(H,45,63)(H,46,55)(H,56,57)(H,58,59)(H,60,61)(H2,47,48,64)/t29-,30?,33-,34-,38?/m0/s1. The number of aliphatic carboxylic acids is 3. The Morgan fingerprint density at radius 3 is 2.02 bits per heavy atom. The van der Waals surface area contributed by atoms with Gasteiger partial charge in [0.15, 0.2) is 12.0 Å². The van der Waals surface area contributed by atoms with E-state index in [-0.39, 0.29) is 114 Å². The number of carboxylic acid groups (broad SMARTS) is 3. The summed E-state index contributed by atoms with van der Waals surface area (Å²) in [5, 5.41) is 39.1. The molecule has 22 heteroatoms. The first kappa shape index (κ1) is 55.2. The van der Waals surface area contributed by atoms with Gasteiger partial charge in [-0.05, 0) is 48.5 Å². The molecule has 0 bridgehead atoms. The summed E-state index contributed by atoms with van der Waals surface area (Å²) in [4.78, 5) is 119. The number of ether oxygens (including phenoxy) is 1. The van der Waals surface area contributed by atoms with Gasteiger partial charge in [-0.3, -0.25) is 58.0 Å². The fourth-order valence-corrected chi connectivity index (χ4v) is 8.06. The van der Waals surface area contributed by atoms with Gasteiger partial charge in [-0.2, -0.15) is 11.8 Å². The molecule has 2 unspecified atom stereocenters. The number of hydrogen-bond donors (Lipinski definition) is 7. The molecule has 2 aliphatic rings. The number of amides is 4. The van der Waals surface area contributed by atoms with Gasteiger partial charge >= 0.3 is 29.9 Å². The lowest BCUT2D eigenvalue weighted by Crippen LogP contribution is -2.51. The van der Waals surface area contributed by atoms with Crippen molar-refractivity contribution >= 4 is 70.7 Å². The normalized spacial score (nSPS) is 18.5. The monoisotopic (exact) mass is 948 g/mol. The molecule has 2 aliphatic heterocycles. The van der Waals surface area contributed by atoms with Crippen molar-refractivity contribution in [1.82, 2.24) is 35.6 Å². The molecule has 1 aromatic rings. The van der Waals surface area contributed by atoms with Crippen LogP contribution in [-0.4, -0.2) is 191 Å². The predicted molar refractivity (Wildman–Crippen MR) is 245 cm³/mol. The van der Waals surface area contributed by atoms with Gasteiger partial charge in [0.1, 0.15) is 5.78 Å². The van der Waals surface area contributed by atoms with E-state index in [1.165, 1.54) is 11.8 Å². The number of esters is 1. The molecule has 4 amide bonds. The Morgan fingerprint density at radius 1 is 0.803 bits per heavy atom. The number of nitrogens with zero attached hydrogens (tertiary/aromatic N) is 4. The topological polar surface area (TPSA) is 285 Å². The molecule has 0 aromatic heterocycles. The minimum absolute atomic E-state index is 0.0210. The SMILES string of the molecule is CC[C@H](C)[C@H](CC(=O)[C@H](CCSC)NC(=O)Nc1ccc(CNC(=O)CN2CCN(CC(=O)O)CCN(CC(=O)O)CCN3CC(=O)OC3C2)cc1)C(=O)NCCCC(=O)C(C)CC(=O)O. The molecule has 2 heterocycles. The minimum Gasteiger partial charge on any atom is -0.481 e. The average molecular weight is 949 g/mol. The maximum atomic E-state index is 13.7. The highest BCUT2D eigenvalue weighted by Gasteiger charge is 2.35. The molecule has 66 heavy (non-hydrogen) atoms. The van der Waals surface area contributed by atoms with Gasteiger partial charge in [-0.25, -0.2) is 4.79 Å². The summed E-state index contributed by atoms with van der Waals surface area (Å²) in [5.74, 6) is -5.55. The molecule has 368 valence electrons. The Balaban J connectivity index is 1.56. The molecule has 0 spiro atoms. The predicted octanol–water partition coefficient (Wildman–Crippen LogP) is 1.02. The number of hydrogen-bond acceptors (Lipinski definition) is 15. The number of nitrogens with one attached hydrogen (secondary N) is 4. The van der Waals surface area contributed by atoms with Crippen LogP contribution in [0.25, 0.3) is 0 Å². The molecule has 1 aromatic carbocycles. The van der Waals surface area contributed by atoms with Crippen LogP contribution in [-0.2, 0) is 49.6 Å².